The maximum absolute atomic E-state index is 13.5. The highest BCUT2D eigenvalue weighted by Crippen LogP contribution is 2.49. The van der Waals surface area contributed by atoms with E-state index in [2.05, 4.69) is 68.1 Å². The Morgan fingerprint density at radius 3 is 2.52 bits per heavy atom. The number of hydrogen-bond donors (Lipinski definition) is 0. The van der Waals surface area contributed by atoms with Crippen molar-refractivity contribution in [2.45, 2.75) is 39.5 Å². The van der Waals surface area contributed by atoms with E-state index in [1.807, 2.05) is 0 Å². The van der Waals surface area contributed by atoms with E-state index >= 15 is 0 Å². The molecular weight excluding hydrogens is 282 g/mol. The van der Waals surface area contributed by atoms with Gasteiger partial charge in [0.1, 0.15) is 0 Å². The molecule has 0 radical (unpaired) electrons. The largest absolute Gasteiger partial charge is 0.311 e. The average molecular weight is 305 g/mol. The lowest BCUT2D eigenvalue weighted by molar-refractivity contribution is -0.122. The minimum Gasteiger partial charge on any atom is -0.311 e. The quantitative estimate of drug-likeness (QED) is 0.686. The molecule has 4 rings (SSSR count). The molecule has 0 N–H and O–H groups in total. The van der Waals surface area contributed by atoms with Crippen molar-refractivity contribution in [3.8, 4) is 11.1 Å². The Hall–Kier alpha value is -2.09. The van der Waals surface area contributed by atoms with Crippen molar-refractivity contribution in [1.82, 2.24) is 0 Å². The van der Waals surface area contributed by atoms with Gasteiger partial charge >= 0.3 is 0 Å². The van der Waals surface area contributed by atoms with E-state index < -0.39 is 0 Å². The van der Waals surface area contributed by atoms with Crippen LogP contribution in [0, 0.1) is 5.41 Å². The van der Waals surface area contributed by atoms with Crippen LogP contribution >= 0.6 is 0 Å². The maximum atomic E-state index is 13.5. The highest BCUT2D eigenvalue weighted by Gasteiger charge is 2.41. The van der Waals surface area contributed by atoms with Gasteiger partial charge in [0.2, 0.25) is 5.91 Å². The van der Waals surface area contributed by atoms with Gasteiger partial charge in [0.25, 0.3) is 0 Å². The number of hydrogen-bond acceptors (Lipinski definition) is 1. The molecule has 0 saturated heterocycles. The number of benzene rings is 2. The SMILES string of the molecule is CC(C)(C)C1C(=O)N2CCCc3cccc(c32)-c2ccccc21. The summed E-state index contributed by atoms with van der Waals surface area (Å²) in [4.78, 5) is 15.5. The van der Waals surface area contributed by atoms with Gasteiger partial charge in [0.15, 0.2) is 0 Å². The van der Waals surface area contributed by atoms with Crippen molar-refractivity contribution in [2.24, 2.45) is 5.41 Å². The molecule has 2 nitrogen and oxygen atoms in total. The third kappa shape index (κ3) is 2.12. The molecule has 0 bridgehead atoms. The van der Waals surface area contributed by atoms with Gasteiger partial charge < -0.3 is 4.90 Å². The predicted octanol–water partition coefficient (Wildman–Crippen LogP) is 4.78. The van der Waals surface area contributed by atoms with E-state index in [9.17, 15) is 4.79 Å². The Bertz CT molecular complexity index is 785. The van der Waals surface area contributed by atoms with Gasteiger partial charge in [-0.05, 0) is 34.9 Å². The molecular formula is C21H23NO. The lowest BCUT2D eigenvalue weighted by Crippen LogP contribution is -2.41. The lowest BCUT2D eigenvalue weighted by Gasteiger charge is -2.35. The smallest absolute Gasteiger partial charge is 0.235 e. The molecule has 2 heterocycles. The summed E-state index contributed by atoms with van der Waals surface area (Å²) in [5.74, 6) is 0.160. The first kappa shape index (κ1) is 14.5. The lowest BCUT2D eigenvalue weighted by atomic mass is 9.74. The fourth-order valence-corrected chi connectivity index (χ4v) is 4.21. The number of anilines is 1. The topological polar surface area (TPSA) is 20.3 Å². The zero-order chi connectivity index (χ0) is 16.2. The van der Waals surface area contributed by atoms with E-state index in [0.29, 0.717) is 0 Å². The number of fused-ring (bicyclic) bond motifs is 2. The van der Waals surface area contributed by atoms with Crippen molar-refractivity contribution in [3.05, 3.63) is 53.6 Å². The van der Waals surface area contributed by atoms with Crippen molar-refractivity contribution in [2.75, 3.05) is 11.4 Å². The van der Waals surface area contributed by atoms with Crippen molar-refractivity contribution < 1.29 is 4.79 Å². The first-order valence-corrected chi connectivity index (χ1v) is 8.51. The van der Waals surface area contributed by atoms with Crippen LogP contribution in [0.2, 0.25) is 0 Å². The molecule has 0 aliphatic carbocycles. The molecule has 2 aliphatic heterocycles. The van der Waals surface area contributed by atoms with Gasteiger partial charge in [-0.2, -0.15) is 0 Å². The summed E-state index contributed by atoms with van der Waals surface area (Å²) in [5, 5.41) is 0. The molecule has 2 heteroatoms. The molecule has 1 amide bonds. The maximum Gasteiger partial charge on any atom is 0.235 e. The van der Waals surface area contributed by atoms with Gasteiger partial charge in [-0.3, -0.25) is 4.79 Å². The molecule has 0 fully saturated rings. The van der Waals surface area contributed by atoms with Crippen LogP contribution < -0.4 is 4.90 Å². The Kier molecular flexibility index (Phi) is 3.12. The van der Waals surface area contributed by atoms with Gasteiger partial charge in [-0.25, -0.2) is 0 Å². The normalized spacial score (nSPS) is 19.9. The summed E-state index contributed by atoms with van der Waals surface area (Å²) in [6, 6.07) is 14.9. The second-order valence-corrected chi connectivity index (χ2v) is 7.79. The molecule has 23 heavy (non-hydrogen) atoms. The summed E-state index contributed by atoms with van der Waals surface area (Å²) in [6.45, 7) is 7.36. The van der Waals surface area contributed by atoms with Crippen LogP contribution in [0.1, 0.15) is 44.2 Å². The Morgan fingerprint density at radius 1 is 1.00 bits per heavy atom. The van der Waals surface area contributed by atoms with Crippen LogP contribution in [0.25, 0.3) is 11.1 Å². The monoisotopic (exact) mass is 305 g/mol. The van der Waals surface area contributed by atoms with Crippen LogP contribution in [-0.2, 0) is 11.2 Å². The summed E-state index contributed by atoms with van der Waals surface area (Å²) >= 11 is 0. The molecule has 2 aromatic rings. The molecule has 118 valence electrons. The van der Waals surface area contributed by atoms with E-state index in [1.165, 1.54) is 22.3 Å². The standard InChI is InChI=1S/C21H23NO/c1-21(2,3)18-16-11-5-4-10-15(16)17-12-6-8-14-9-7-13-22(19(14)17)20(18)23/h4-6,8,10-12,18H,7,9,13H2,1-3H3. The average Bonchev–Trinajstić information content (AvgIpc) is 2.63. The van der Waals surface area contributed by atoms with Gasteiger partial charge in [0, 0.05) is 12.1 Å². The van der Waals surface area contributed by atoms with Gasteiger partial charge in [-0.1, -0.05) is 63.2 Å². The highest BCUT2D eigenvalue weighted by atomic mass is 16.2. The summed E-state index contributed by atoms with van der Waals surface area (Å²) in [7, 11) is 0. The number of carbonyl (C=O) groups is 1. The fraction of sp³-hybridized carbons (Fsp3) is 0.381. The summed E-state index contributed by atoms with van der Waals surface area (Å²) in [6.07, 6.45) is 2.12. The van der Waals surface area contributed by atoms with E-state index in [1.54, 1.807) is 0 Å². The van der Waals surface area contributed by atoms with Crippen LogP contribution in [0.5, 0.6) is 0 Å². The summed E-state index contributed by atoms with van der Waals surface area (Å²) < 4.78 is 0. The highest BCUT2D eigenvalue weighted by molar-refractivity contribution is 6.06. The Labute approximate surface area is 138 Å². The van der Waals surface area contributed by atoms with Gasteiger partial charge in [0.05, 0.1) is 11.6 Å². The fourth-order valence-electron chi connectivity index (χ4n) is 4.21. The minimum atomic E-state index is -0.104. The zero-order valence-electron chi connectivity index (χ0n) is 14.1. The molecule has 0 spiro atoms. The second-order valence-electron chi connectivity index (χ2n) is 7.79. The number of amides is 1. The predicted molar refractivity (Wildman–Crippen MR) is 94.7 cm³/mol. The molecule has 0 aromatic heterocycles. The first-order chi connectivity index (χ1) is 11.0. The Morgan fingerprint density at radius 2 is 1.74 bits per heavy atom. The number of rotatable bonds is 0. The number of nitrogens with zero attached hydrogens (tertiary/aromatic N) is 1. The van der Waals surface area contributed by atoms with Crippen molar-refractivity contribution in [3.63, 3.8) is 0 Å². The zero-order valence-corrected chi connectivity index (χ0v) is 14.1. The second kappa shape index (κ2) is 4.95. The molecule has 0 saturated carbocycles. The number of carbonyl (C=O) groups excluding carboxylic acids is 1. The van der Waals surface area contributed by atoms with Crippen LogP contribution in [0.15, 0.2) is 42.5 Å². The van der Waals surface area contributed by atoms with E-state index in [0.717, 1.165) is 25.1 Å². The number of aryl methyl sites for hydroxylation is 1. The van der Waals surface area contributed by atoms with Gasteiger partial charge in [-0.15, -0.1) is 0 Å². The van der Waals surface area contributed by atoms with Crippen LogP contribution in [0.4, 0.5) is 5.69 Å². The number of para-hydroxylation sites is 1. The van der Waals surface area contributed by atoms with E-state index in [-0.39, 0.29) is 17.2 Å². The first-order valence-electron chi connectivity index (χ1n) is 8.51. The molecule has 2 aliphatic rings. The summed E-state index contributed by atoms with van der Waals surface area (Å²) in [5.41, 5.74) is 5.98. The van der Waals surface area contributed by atoms with Crippen LogP contribution in [-0.4, -0.2) is 12.5 Å². The Balaban J connectivity index is 2.07. The minimum absolute atomic E-state index is 0.1000. The third-order valence-electron chi connectivity index (χ3n) is 5.16. The molecule has 1 atom stereocenters. The van der Waals surface area contributed by atoms with Crippen molar-refractivity contribution >= 4 is 11.6 Å². The van der Waals surface area contributed by atoms with Crippen LogP contribution in [0.3, 0.4) is 0 Å². The third-order valence-corrected chi connectivity index (χ3v) is 5.16. The molecule has 2 aromatic carbocycles. The van der Waals surface area contributed by atoms with E-state index in [4.69, 9.17) is 0 Å². The van der Waals surface area contributed by atoms with Crippen molar-refractivity contribution in [1.29, 1.82) is 0 Å². The molecule has 1 unspecified atom stereocenters.